The van der Waals surface area contributed by atoms with E-state index >= 15 is 0 Å². The molecule has 1 aliphatic heterocycles. The molecule has 2 aliphatic rings. The monoisotopic (exact) mass is 347 g/mol. The van der Waals surface area contributed by atoms with E-state index in [1.807, 2.05) is 19.1 Å². The van der Waals surface area contributed by atoms with Gasteiger partial charge in [0, 0.05) is 17.9 Å². The number of carbonyl (C=O) groups is 1. The second-order valence-electron chi connectivity index (χ2n) is 7.50. The van der Waals surface area contributed by atoms with Crippen molar-refractivity contribution in [3.8, 4) is 0 Å². The summed E-state index contributed by atoms with van der Waals surface area (Å²) in [7, 11) is 0. The number of allylic oxidation sites excluding steroid dienone is 1. The first-order valence-electron chi connectivity index (χ1n) is 9.23. The summed E-state index contributed by atoms with van der Waals surface area (Å²) in [6.45, 7) is 10.2. The summed E-state index contributed by atoms with van der Waals surface area (Å²) < 4.78 is 17.5. The van der Waals surface area contributed by atoms with E-state index in [1.54, 1.807) is 6.26 Å². The van der Waals surface area contributed by atoms with Crippen LogP contribution in [0.4, 0.5) is 4.79 Å². The largest absolute Gasteiger partial charge is 0.467 e. The van der Waals surface area contributed by atoms with E-state index in [2.05, 4.69) is 32.2 Å². The second-order valence-corrected chi connectivity index (χ2v) is 7.50. The molecule has 3 rings (SSSR count). The Balaban J connectivity index is 1.80. The minimum Gasteiger partial charge on any atom is -0.467 e. The van der Waals surface area contributed by atoms with Crippen molar-refractivity contribution in [3.63, 3.8) is 0 Å². The summed E-state index contributed by atoms with van der Waals surface area (Å²) in [6, 6.07) is 3.88. The molecule has 1 saturated heterocycles. The number of fused-ring (bicyclic) bond motifs is 2. The fraction of sp³-hybridized carbons (Fsp3) is 0.650. The van der Waals surface area contributed by atoms with Crippen molar-refractivity contribution in [2.45, 2.75) is 40.2 Å². The van der Waals surface area contributed by atoms with Crippen molar-refractivity contribution in [1.29, 1.82) is 0 Å². The number of hydrogen-bond acceptors (Lipinski definition) is 4. The maximum absolute atomic E-state index is 11.9. The van der Waals surface area contributed by atoms with Crippen molar-refractivity contribution in [2.75, 3.05) is 19.8 Å². The van der Waals surface area contributed by atoms with Crippen LogP contribution in [0, 0.1) is 23.2 Å². The molecule has 1 aromatic heterocycles. The molecule has 138 valence electrons. The zero-order valence-electron chi connectivity index (χ0n) is 15.6. The van der Waals surface area contributed by atoms with Crippen molar-refractivity contribution in [1.82, 2.24) is 5.32 Å². The Morgan fingerprint density at radius 3 is 2.92 bits per heavy atom. The average Bonchev–Trinajstić information content (AvgIpc) is 3.11. The summed E-state index contributed by atoms with van der Waals surface area (Å²) in [5.74, 6) is 1.72. The predicted molar refractivity (Wildman–Crippen MR) is 95.1 cm³/mol. The van der Waals surface area contributed by atoms with E-state index < -0.39 is 0 Å². The van der Waals surface area contributed by atoms with Crippen molar-refractivity contribution in [2.24, 2.45) is 23.2 Å². The maximum Gasteiger partial charge on any atom is 0.407 e. The first-order valence-corrected chi connectivity index (χ1v) is 9.23. The molecule has 2 heterocycles. The summed E-state index contributed by atoms with van der Waals surface area (Å²) in [5, 5.41) is 2.78. The maximum atomic E-state index is 11.9. The van der Waals surface area contributed by atoms with Crippen LogP contribution in [0.5, 0.6) is 0 Å². The standard InChI is InChI=1S/C20H29NO4/c1-5-8-21-19(22)25-12-20-11-24-18(16-7-6-9-23-16)17(15(20)4)13(2)10-14(20)3/h6-7,9-10,14-15,17-18H,5,8,11-12H2,1-4H3,(H,21,22)/t14-,15+,17+,18+,20+/m1/s1. The first-order chi connectivity index (χ1) is 12.0. The van der Waals surface area contributed by atoms with Gasteiger partial charge in [0.05, 0.1) is 12.9 Å². The summed E-state index contributed by atoms with van der Waals surface area (Å²) in [4.78, 5) is 11.9. The SMILES string of the molecule is CCCNC(=O)OC[C@@]12CO[C@@H](c3ccco3)[C@@H](C(C)=C[C@H]1C)[C@@H]2C. The van der Waals surface area contributed by atoms with Gasteiger partial charge in [0.2, 0.25) is 0 Å². The number of hydrogen-bond donors (Lipinski definition) is 1. The Morgan fingerprint density at radius 2 is 2.24 bits per heavy atom. The lowest BCUT2D eigenvalue weighted by Gasteiger charge is -2.54. The molecule has 5 heteroatoms. The van der Waals surface area contributed by atoms with Crippen LogP contribution in [0.3, 0.4) is 0 Å². The van der Waals surface area contributed by atoms with Crippen molar-refractivity contribution in [3.05, 3.63) is 35.8 Å². The topological polar surface area (TPSA) is 60.7 Å². The highest BCUT2D eigenvalue weighted by Gasteiger charge is 2.55. The molecule has 5 atom stereocenters. The molecule has 2 bridgehead atoms. The van der Waals surface area contributed by atoms with Crippen LogP contribution in [0.2, 0.25) is 0 Å². The molecule has 1 amide bonds. The average molecular weight is 347 g/mol. The van der Waals surface area contributed by atoms with Crippen LogP contribution in [-0.2, 0) is 9.47 Å². The van der Waals surface area contributed by atoms with E-state index in [0.717, 1.165) is 12.2 Å². The van der Waals surface area contributed by atoms with Crippen LogP contribution < -0.4 is 5.32 Å². The molecule has 0 radical (unpaired) electrons. The Kier molecular flexibility index (Phi) is 5.23. The lowest BCUT2D eigenvalue weighted by molar-refractivity contribution is -0.170. The molecule has 5 nitrogen and oxygen atoms in total. The van der Waals surface area contributed by atoms with Gasteiger partial charge in [0.1, 0.15) is 18.5 Å². The molecular formula is C20H29NO4. The smallest absolute Gasteiger partial charge is 0.407 e. The van der Waals surface area contributed by atoms with Gasteiger partial charge in [-0.25, -0.2) is 4.79 Å². The van der Waals surface area contributed by atoms with Gasteiger partial charge in [0.15, 0.2) is 0 Å². The lowest BCUT2D eigenvalue weighted by Crippen LogP contribution is -2.54. The third-order valence-electron chi connectivity index (χ3n) is 6.06. The highest BCUT2D eigenvalue weighted by molar-refractivity contribution is 5.67. The minimum absolute atomic E-state index is 0.0733. The van der Waals surface area contributed by atoms with Crippen LogP contribution in [0.15, 0.2) is 34.5 Å². The summed E-state index contributed by atoms with van der Waals surface area (Å²) in [6.07, 6.45) is 4.49. The Labute approximate surface area is 149 Å². The van der Waals surface area contributed by atoms with Crippen LogP contribution in [0.1, 0.15) is 46.0 Å². The van der Waals surface area contributed by atoms with Gasteiger partial charge < -0.3 is 19.2 Å². The number of furan rings is 1. The van der Waals surface area contributed by atoms with Crippen LogP contribution >= 0.6 is 0 Å². The summed E-state index contributed by atoms with van der Waals surface area (Å²) in [5.41, 5.74) is 1.13. The molecule has 0 saturated carbocycles. The lowest BCUT2D eigenvalue weighted by atomic mass is 9.56. The quantitative estimate of drug-likeness (QED) is 0.806. The molecule has 1 aromatic rings. The van der Waals surface area contributed by atoms with Gasteiger partial charge in [-0.05, 0) is 37.3 Å². The number of nitrogens with one attached hydrogen (secondary N) is 1. The zero-order valence-corrected chi connectivity index (χ0v) is 15.6. The van der Waals surface area contributed by atoms with E-state index in [0.29, 0.717) is 25.7 Å². The van der Waals surface area contributed by atoms with Gasteiger partial charge in [-0.3, -0.25) is 0 Å². The van der Waals surface area contributed by atoms with Gasteiger partial charge in [-0.15, -0.1) is 0 Å². The second kappa shape index (κ2) is 7.24. The number of ether oxygens (including phenoxy) is 2. The van der Waals surface area contributed by atoms with Gasteiger partial charge in [-0.2, -0.15) is 0 Å². The van der Waals surface area contributed by atoms with E-state index in [1.165, 1.54) is 5.57 Å². The molecule has 25 heavy (non-hydrogen) atoms. The molecule has 1 aliphatic carbocycles. The van der Waals surface area contributed by atoms with E-state index in [-0.39, 0.29) is 29.4 Å². The van der Waals surface area contributed by atoms with Gasteiger partial charge >= 0.3 is 6.09 Å². The third-order valence-corrected chi connectivity index (χ3v) is 6.06. The Bertz CT molecular complexity index is 624. The number of carbonyl (C=O) groups excluding carboxylic acids is 1. The molecule has 0 unspecified atom stereocenters. The van der Waals surface area contributed by atoms with Crippen LogP contribution in [-0.4, -0.2) is 25.9 Å². The van der Waals surface area contributed by atoms with Crippen molar-refractivity contribution < 1.29 is 18.7 Å². The molecular weight excluding hydrogens is 318 g/mol. The highest BCUT2D eigenvalue weighted by Crippen LogP contribution is 2.56. The van der Waals surface area contributed by atoms with E-state index in [9.17, 15) is 4.79 Å². The van der Waals surface area contributed by atoms with Gasteiger partial charge in [0.25, 0.3) is 0 Å². The van der Waals surface area contributed by atoms with E-state index in [4.69, 9.17) is 13.9 Å². The Morgan fingerprint density at radius 1 is 1.44 bits per heavy atom. The first kappa shape index (κ1) is 18.1. The van der Waals surface area contributed by atoms with Gasteiger partial charge in [-0.1, -0.05) is 32.4 Å². The number of rotatable bonds is 5. The normalized spacial score (nSPS) is 34.3. The third kappa shape index (κ3) is 3.22. The number of alkyl carbamates (subject to hydrolysis) is 1. The fourth-order valence-electron chi connectivity index (χ4n) is 4.45. The number of amides is 1. The molecule has 0 spiro atoms. The molecule has 1 N–H and O–H groups in total. The van der Waals surface area contributed by atoms with Crippen LogP contribution in [0.25, 0.3) is 0 Å². The predicted octanol–water partition coefficient (Wildman–Crippen LogP) is 4.32. The molecule has 0 aromatic carbocycles. The van der Waals surface area contributed by atoms with Crippen molar-refractivity contribution >= 4 is 6.09 Å². The summed E-state index contributed by atoms with van der Waals surface area (Å²) >= 11 is 0. The highest BCUT2D eigenvalue weighted by atomic mass is 16.6. The molecule has 1 fully saturated rings. The zero-order chi connectivity index (χ0) is 18.0. The minimum atomic E-state index is -0.341. The Hall–Kier alpha value is -1.75. The fourth-order valence-corrected chi connectivity index (χ4v) is 4.45.